The Hall–Kier alpha value is -2.74. The molecular weight excluding hydrogens is 402 g/mol. The van der Waals surface area contributed by atoms with Gasteiger partial charge in [0.25, 0.3) is 0 Å². The number of thiazole rings is 1. The highest BCUT2D eigenvalue weighted by atomic mass is 35.5. The number of nitrogens with one attached hydrogen (secondary N) is 2. The first kappa shape index (κ1) is 17.7. The maximum atomic E-state index is 12.3. The van der Waals surface area contributed by atoms with Crippen molar-refractivity contribution in [2.75, 3.05) is 10.6 Å². The lowest BCUT2D eigenvalue weighted by molar-refractivity contribution is 0.563. The van der Waals surface area contributed by atoms with Gasteiger partial charge in [-0.05, 0) is 48.6 Å². The second-order valence-electron chi connectivity index (χ2n) is 5.61. The fraction of sp³-hybridized carbons (Fsp3) is 0. The van der Waals surface area contributed by atoms with Crippen molar-refractivity contribution in [2.24, 2.45) is 0 Å². The zero-order valence-electron chi connectivity index (χ0n) is 13.7. The zero-order valence-corrected chi connectivity index (χ0v) is 16.1. The Kier molecular flexibility index (Phi) is 4.89. The molecule has 27 heavy (non-hydrogen) atoms. The van der Waals surface area contributed by atoms with Crippen molar-refractivity contribution >= 4 is 62.1 Å². The fourth-order valence-electron chi connectivity index (χ4n) is 2.49. The molecule has 2 aromatic heterocycles. The summed E-state index contributed by atoms with van der Waals surface area (Å²) < 4.78 is 5.37. The largest absolute Gasteiger partial charge is 0.422 e. The Balaban J connectivity index is 1.53. The molecule has 134 valence electrons. The van der Waals surface area contributed by atoms with Gasteiger partial charge in [0.15, 0.2) is 10.2 Å². The van der Waals surface area contributed by atoms with Gasteiger partial charge in [-0.15, -0.1) is 11.3 Å². The summed E-state index contributed by atoms with van der Waals surface area (Å²) in [5.41, 5.74) is 1.88. The predicted octanol–water partition coefficient (Wildman–Crippen LogP) is 5.38. The van der Waals surface area contributed by atoms with Crippen LogP contribution in [-0.4, -0.2) is 10.1 Å². The van der Waals surface area contributed by atoms with Crippen LogP contribution in [0.15, 0.2) is 69.2 Å². The number of aromatic nitrogens is 1. The van der Waals surface area contributed by atoms with Crippen LogP contribution in [-0.2, 0) is 0 Å². The normalized spacial score (nSPS) is 10.7. The number of nitrogens with zero attached hydrogens (tertiary/aromatic N) is 1. The van der Waals surface area contributed by atoms with Crippen LogP contribution in [0.25, 0.3) is 22.2 Å². The lowest BCUT2D eigenvalue weighted by Gasteiger charge is -2.08. The van der Waals surface area contributed by atoms with Gasteiger partial charge < -0.3 is 15.1 Å². The van der Waals surface area contributed by atoms with Crippen LogP contribution < -0.4 is 16.3 Å². The van der Waals surface area contributed by atoms with E-state index in [9.17, 15) is 4.79 Å². The number of anilines is 2. The lowest BCUT2D eigenvalue weighted by Crippen LogP contribution is -2.18. The van der Waals surface area contributed by atoms with Crippen molar-refractivity contribution in [3.8, 4) is 11.3 Å². The van der Waals surface area contributed by atoms with Crippen LogP contribution >= 0.6 is 35.2 Å². The summed E-state index contributed by atoms with van der Waals surface area (Å²) in [7, 11) is 0. The Morgan fingerprint density at radius 1 is 1.11 bits per heavy atom. The summed E-state index contributed by atoms with van der Waals surface area (Å²) in [5, 5.41) is 10.3. The molecular formula is C19H12ClN3O2S2. The average Bonchev–Trinajstić information content (AvgIpc) is 3.11. The molecule has 0 aliphatic carbocycles. The highest BCUT2D eigenvalue weighted by Crippen LogP contribution is 2.25. The summed E-state index contributed by atoms with van der Waals surface area (Å²) in [6, 6.07) is 16.3. The minimum atomic E-state index is -0.424. The van der Waals surface area contributed by atoms with Crippen molar-refractivity contribution < 1.29 is 4.42 Å². The minimum Gasteiger partial charge on any atom is -0.422 e. The Bertz CT molecular complexity index is 1190. The second-order valence-corrected chi connectivity index (χ2v) is 7.31. The molecule has 0 bridgehead atoms. The van der Waals surface area contributed by atoms with Crippen LogP contribution in [0.2, 0.25) is 5.02 Å². The van der Waals surface area contributed by atoms with Crippen LogP contribution in [0.4, 0.5) is 10.8 Å². The first-order chi connectivity index (χ1) is 13.1. The topological polar surface area (TPSA) is 67.2 Å². The monoisotopic (exact) mass is 413 g/mol. The quantitative estimate of drug-likeness (QED) is 0.347. The standard InChI is InChI=1S/C19H12ClN3O2S2/c20-12-5-7-13(8-6-12)21-18(26)23-19-22-15(10-27-19)14-9-11-3-1-2-4-16(11)25-17(14)24/h1-10H,(H2,21,22,23,26). The van der Waals surface area contributed by atoms with E-state index in [0.717, 1.165) is 11.1 Å². The van der Waals surface area contributed by atoms with Crippen molar-refractivity contribution in [3.05, 3.63) is 75.4 Å². The summed E-state index contributed by atoms with van der Waals surface area (Å²) in [6.07, 6.45) is 0. The second kappa shape index (κ2) is 7.48. The van der Waals surface area contributed by atoms with Gasteiger partial charge >= 0.3 is 5.63 Å². The molecule has 0 aliphatic heterocycles. The van der Waals surface area contributed by atoms with Gasteiger partial charge in [-0.3, -0.25) is 0 Å². The Labute approximate surface area is 168 Å². The smallest absolute Gasteiger partial charge is 0.345 e. The lowest BCUT2D eigenvalue weighted by atomic mass is 10.1. The maximum absolute atomic E-state index is 12.3. The van der Waals surface area contributed by atoms with Crippen molar-refractivity contribution in [2.45, 2.75) is 0 Å². The number of hydrogen-bond donors (Lipinski definition) is 2. The van der Waals surface area contributed by atoms with E-state index in [1.54, 1.807) is 29.6 Å². The van der Waals surface area contributed by atoms with E-state index in [-0.39, 0.29) is 0 Å². The number of fused-ring (bicyclic) bond motifs is 1. The van der Waals surface area contributed by atoms with Crippen molar-refractivity contribution in [1.29, 1.82) is 0 Å². The average molecular weight is 414 g/mol. The fourth-order valence-corrected chi connectivity index (χ4v) is 3.61. The van der Waals surface area contributed by atoms with E-state index < -0.39 is 5.63 Å². The van der Waals surface area contributed by atoms with Gasteiger partial charge in [0.1, 0.15) is 5.58 Å². The first-order valence-electron chi connectivity index (χ1n) is 7.91. The molecule has 5 nitrogen and oxygen atoms in total. The molecule has 0 amide bonds. The Morgan fingerprint density at radius 3 is 2.70 bits per heavy atom. The third-order valence-corrected chi connectivity index (χ3v) is 4.96. The number of hydrogen-bond acceptors (Lipinski definition) is 5. The van der Waals surface area contributed by atoms with Gasteiger partial charge in [0, 0.05) is 21.5 Å². The molecule has 0 atom stereocenters. The minimum absolute atomic E-state index is 0.392. The van der Waals surface area contributed by atoms with Crippen LogP contribution in [0.3, 0.4) is 0 Å². The highest BCUT2D eigenvalue weighted by Gasteiger charge is 2.12. The van der Waals surface area contributed by atoms with E-state index in [4.69, 9.17) is 28.2 Å². The van der Waals surface area contributed by atoms with Crippen LogP contribution in [0.1, 0.15) is 0 Å². The zero-order chi connectivity index (χ0) is 18.8. The number of rotatable bonds is 3. The summed E-state index contributed by atoms with van der Waals surface area (Å²) in [5.74, 6) is 0. The first-order valence-corrected chi connectivity index (χ1v) is 9.57. The molecule has 0 unspecified atom stereocenters. The summed E-state index contributed by atoms with van der Waals surface area (Å²) >= 11 is 12.5. The van der Waals surface area contributed by atoms with E-state index >= 15 is 0 Å². The van der Waals surface area contributed by atoms with E-state index in [1.165, 1.54) is 11.3 Å². The van der Waals surface area contributed by atoms with Crippen molar-refractivity contribution in [3.63, 3.8) is 0 Å². The maximum Gasteiger partial charge on any atom is 0.345 e. The molecule has 2 heterocycles. The van der Waals surface area contributed by atoms with Gasteiger partial charge in [0.2, 0.25) is 0 Å². The third-order valence-electron chi connectivity index (χ3n) is 3.74. The molecule has 8 heteroatoms. The SMILES string of the molecule is O=c1oc2ccccc2cc1-c1csc(NC(=S)Nc2ccc(Cl)cc2)n1. The molecule has 2 aromatic carbocycles. The molecule has 0 saturated heterocycles. The molecule has 0 saturated carbocycles. The van der Waals surface area contributed by atoms with Crippen LogP contribution in [0.5, 0.6) is 0 Å². The van der Waals surface area contributed by atoms with E-state index in [1.807, 2.05) is 30.3 Å². The van der Waals surface area contributed by atoms with Crippen molar-refractivity contribution in [1.82, 2.24) is 4.98 Å². The molecule has 0 fully saturated rings. The number of thiocarbonyl (C=S) groups is 1. The Morgan fingerprint density at radius 2 is 1.89 bits per heavy atom. The molecule has 4 rings (SSSR count). The molecule has 2 N–H and O–H groups in total. The molecule has 0 aliphatic rings. The predicted molar refractivity (Wildman–Crippen MR) is 115 cm³/mol. The van der Waals surface area contributed by atoms with Gasteiger partial charge in [-0.25, -0.2) is 9.78 Å². The number of benzene rings is 2. The molecule has 0 spiro atoms. The van der Waals surface area contributed by atoms with Gasteiger partial charge in [-0.1, -0.05) is 29.8 Å². The molecule has 0 radical (unpaired) electrons. The number of para-hydroxylation sites is 1. The van der Waals surface area contributed by atoms with Gasteiger partial charge in [0.05, 0.1) is 11.3 Å². The van der Waals surface area contributed by atoms with E-state index in [2.05, 4.69) is 15.6 Å². The number of halogens is 1. The third kappa shape index (κ3) is 4.00. The van der Waals surface area contributed by atoms with E-state index in [0.29, 0.717) is 32.1 Å². The van der Waals surface area contributed by atoms with Gasteiger partial charge in [-0.2, -0.15) is 0 Å². The highest BCUT2D eigenvalue weighted by molar-refractivity contribution is 7.80. The van der Waals surface area contributed by atoms with Crippen LogP contribution in [0, 0.1) is 0 Å². The summed E-state index contributed by atoms with van der Waals surface area (Å²) in [6.45, 7) is 0. The summed E-state index contributed by atoms with van der Waals surface area (Å²) in [4.78, 5) is 16.7. The molecule has 4 aromatic rings.